The smallest absolute Gasteiger partial charge is 0.0691 e. The Morgan fingerprint density at radius 2 is 1.89 bits per heavy atom. The topological polar surface area (TPSA) is 0 Å². The Balaban J connectivity index is 1.76. The molecule has 0 radical (unpaired) electrons. The number of allylic oxidation sites excluding steroid dienone is 4. The summed E-state index contributed by atoms with van der Waals surface area (Å²) in [7, 11) is 0. The molecule has 0 aromatic rings. The molecule has 1 saturated carbocycles. The average Bonchev–Trinajstić information content (AvgIpc) is 2.41. The highest BCUT2D eigenvalue weighted by Crippen LogP contribution is 2.44. The lowest BCUT2D eigenvalue weighted by atomic mass is 9.72. The largest absolute Gasteiger partial charge is 0.114 e. The molecule has 0 heterocycles. The van der Waals surface area contributed by atoms with Crippen LogP contribution in [-0.2, 0) is 0 Å². The van der Waals surface area contributed by atoms with E-state index in [1.54, 1.807) is 0 Å². The Morgan fingerprint density at radius 3 is 2.50 bits per heavy atom. The van der Waals surface area contributed by atoms with Gasteiger partial charge in [-0.1, -0.05) is 69.8 Å². The predicted molar refractivity (Wildman–Crippen MR) is 81.1 cm³/mol. The van der Waals surface area contributed by atoms with E-state index >= 15 is 0 Å². The second kappa shape index (κ2) is 6.80. The second-order valence-electron chi connectivity index (χ2n) is 6.13. The van der Waals surface area contributed by atoms with E-state index in [4.69, 9.17) is 11.6 Å². The fourth-order valence-electron chi connectivity index (χ4n) is 3.53. The standard InChI is InChI=1S/C17H27Cl/c1-2-3-5-8-15-9-11-16(12-10-15)17(18)13-6-4-7-14-17/h4,6-7,13,15-16H,2-3,5,8-12,14H2,1H3. The molecule has 18 heavy (non-hydrogen) atoms. The number of hydrogen-bond donors (Lipinski definition) is 0. The SMILES string of the molecule is CCCCCC1CCC(C2(Cl)C=CC=CC2)CC1. The molecule has 0 aromatic heterocycles. The Bertz CT molecular complexity index is 297. The number of unbranched alkanes of at least 4 members (excludes halogenated alkanes) is 2. The van der Waals surface area contributed by atoms with Crippen molar-refractivity contribution in [3.8, 4) is 0 Å². The third-order valence-corrected chi connectivity index (χ3v) is 5.38. The molecule has 1 unspecified atom stereocenters. The van der Waals surface area contributed by atoms with Crippen LogP contribution in [0.4, 0.5) is 0 Å². The van der Waals surface area contributed by atoms with Crippen molar-refractivity contribution in [3.63, 3.8) is 0 Å². The Labute approximate surface area is 117 Å². The van der Waals surface area contributed by atoms with Crippen LogP contribution in [0, 0.1) is 11.8 Å². The van der Waals surface area contributed by atoms with Gasteiger partial charge in [-0.25, -0.2) is 0 Å². The molecule has 1 heteroatoms. The van der Waals surface area contributed by atoms with Crippen molar-refractivity contribution in [2.24, 2.45) is 11.8 Å². The third-order valence-electron chi connectivity index (χ3n) is 4.79. The number of alkyl halides is 1. The van der Waals surface area contributed by atoms with Gasteiger partial charge in [0.15, 0.2) is 0 Å². The molecule has 1 fully saturated rings. The molecule has 0 spiro atoms. The minimum atomic E-state index is -0.0663. The first-order valence-corrected chi connectivity index (χ1v) is 8.15. The van der Waals surface area contributed by atoms with E-state index < -0.39 is 0 Å². The first-order chi connectivity index (χ1) is 8.74. The molecule has 1 atom stereocenters. The van der Waals surface area contributed by atoms with Gasteiger partial charge in [-0.2, -0.15) is 0 Å². The lowest BCUT2D eigenvalue weighted by Gasteiger charge is -2.38. The van der Waals surface area contributed by atoms with Crippen LogP contribution in [0.15, 0.2) is 24.3 Å². The minimum Gasteiger partial charge on any atom is -0.114 e. The van der Waals surface area contributed by atoms with E-state index in [1.807, 2.05) is 0 Å². The van der Waals surface area contributed by atoms with Crippen LogP contribution in [0.3, 0.4) is 0 Å². The Kier molecular flexibility index (Phi) is 5.36. The van der Waals surface area contributed by atoms with E-state index in [1.165, 1.54) is 51.4 Å². The quantitative estimate of drug-likeness (QED) is 0.431. The molecule has 0 nitrogen and oxygen atoms in total. The van der Waals surface area contributed by atoms with Crippen LogP contribution in [0.2, 0.25) is 0 Å². The molecule has 102 valence electrons. The van der Waals surface area contributed by atoms with Crippen LogP contribution < -0.4 is 0 Å². The van der Waals surface area contributed by atoms with Crippen molar-refractivity contribution in [1.82, 2.24) is 0 Å². The van der Waals surface area contributed by atoms with Crippen LogP contribution in [0.5, 0.6) is 0 Å². The summed E-state index contributed by atoms with van der Waals surface area (Å²) in [6, 6.07) is 0. The van der Waals surface area contributed by atoms with Crippen LogP contribution in [0.25, 0.3) is 0 Å². The summed E-state index contributed by atoms with van der Waals surface area (Å²) in [5, 5.41) is 0. The highest BCUT2D eigenvalue weighted by Gasteiger charge is 2.36. The molecular formula is C17H27Cl. The van der Waals surface area contributed by atoms with E-state index in [0.717, 1.165) is 12.3 Å². The van der Waals surface area contributed by atoms with Gasteiger partial charge in [0, 0.05) is 0 Å². The van der Waals surface area contributed by atoms with Crippen LogP contribution in [-0.4, -0.2) is 4.87 Å². The fourth-order valence-corrected chi connectivity index (χ4v) is 3.91. The van der Waals surface area contributed by atoms with E-state index in [-0.39, 0.29) is 4.87 Å². The van der Waals surface area contributed by atoms with Gasteiger partial charge in [-0.05, 0) is 31.1 Å². The summed E-state index contributed by atoms with van der Waals surface area (Å²) in [5.41, 5.74) is 0. The normalized spacial score (nSPS) is 35.9. The van der Waals surface area contributed by atoms with Gasteiger partial charge in [0.1, 0.15) is 0 Å². The van der Waals surface area contributed by atoms with E-state index in [9.17, 15) is 0 Å². The summed E-state index contributed by atoms with van der Waals surface area (Å²) < 4.78 is 0. The molecule has 0 amide bonds. The summed E-state index contributed by atoms with van der Waals surface area (Å²) in [5.74, 6) is 1.68. The summed E-state index contributed by atoms with van der Waals surface area (Å²) >= 11 is 6.79. The highest BCUT2D eigenvalue weighted by atomic mass is 35.5. The van der Waals surface area contributed by atoms with E-state index in [2.05, 4.69) is 31.2 Å². The highest BCUT2D eigenvalue weighted by molar-refractivity contribution is 6.25. The molecule has 2 aliphatic rings. The van der Waals surface area contributed by atoms with Gasteiger partial charge in [0.05, 0.1) is 4.87 Å². The first-order valence-electron chi connectivity index (χ1n) is 7.78. The van der Waals surface area contributed by atoms with Crippen LogP contribution in [0.1, 0.15) is 64.7 Å². The van der Waals surface area contributed by atoms with Crippen molar-refractivity contribution in [2.45, 2.75) is 69.6 Å². The monoisotopic (exact) mass is 266 g/mol. The third kappa shape index (κ3) is 3.63. The van der Waals surface area contributed by atoms with Crippen molar-refractivity contribution >= 4 is 11.6 Å². The average molecular weight is 267 g/mol. The maximum atomic E-state index is 6.79. The maximum absolute atomic E-state index is 6.79. The van der Waals surface area contributed by atoms with Crippen molar-refractivity contribution in [2.75, 3.05) is 0 Å². The van der Waals surface area contributed by atoms with Gasteiger partial charge in [0.2, 0.25) is 0 Å². The predicted octanol–water partition coefficient (Wildman–Crippen LogP) is 5.87. The molecule has 0 aliphatic heterocycles. The lowest BCUT2D eigenvalue weighted by Crippen LogP contribution is -2.33. The lowest BCUT2D eigenvalue weighted by molar-refractivity contribution is 0.230. The van der Waals surface area contributed by atoms with Gasteiger partial charge in [-0.3, -0.25) is 0 Å². The molecule has 0 bridgehead atoms. The fraction of sp³-hybridized carbons (Fsp3) is 0.765. The molecule has 2 rings (SSSR count). The van der Waals surface area contributed by atoms with Gasteiger partial charge >= 0.3 is 0 Å². The minimum absolute atomic E-state index is 0.0663. The first kappa shape index (κ1) is 14.2. The zero-order chi connectivity index (χ0) is 12.8. The molecule has 0 saturated heterocycles. The van der Waals surface area contributed by atoms with Gasteiger partial charge < -0.3 is 0 Å². The summed E-state index contributed by atoms with van der Waals surface area (Å²) in [4.78, 5) is -0.0663. The van der Waals surface area contributed by atoms with Gasteiger partial charge in [0.25, 0.3) is 0 Å². The summed E-state index contributed by atoms with van der Waals surface area (Å²) in [6.07, 6.45) is 20.8. The molecule has 0 N–H and O–H groups in total. The van der Waals surface area contributed by atoms with Crippen molar-refractivity contribution < 1.29 is 0 Å². The molecular weight excluding hydrogens is 240 g/mol. The zero-order valence-electron chi connectivity index (χ0n) is 11.7. The Morgan fingerprint density at radius 1 is 1.11 bits per heavy atom. The molecule has 0 aromatic carbocycles. The zero-order valence-corrected chi connectivity index (χ0v) is 12.5. The molecule has 2 aliphatic carbocycles. The number of hydrogen-bond acceptors (Lipinski definition) is 0. The number of rotatable bonds is 5. The second-order valence-corrected chi connectivity index (χ2v) is 6.84. The van der Waals surface area contributed by atoms with E-state index in [0.29, 0.717) is 5.92 Å². The van der Waals surface area contributed by atoms with Crippen molar-refractivity contribution in [3.05, 3.63) is 24.3 Å². The van der Waals surface area contributed by atoms with Gasteiger partial charge in [-0.15, -0.1) is 11.6 Å². The van der Waals surface area contributed by atoms with Crippen molar-refractivity contribution in [1.29, 1.82) is 0 Å². The van der Waals surface area contributed by atoms with Crippen LogP contribution >= 0.6 is 11.6 Å². The summed E-state index contributed by atoms with van der Waals surface area (Å²) in [6.45, 7) is 2.29. The maximum Gasteiger partial charge on any atom is 0.0691 e. The number of halogens is 1. The Hall–Kier alpha value is -0.230.